The number of nitrogens with one attached hydrogen (secondary N) is 2. The Morgan fingerprint density at radius 3 is 2.19 bits per heavy atom. The Balaban J connectivity index is 2.23. The van der Waals surface area contributed by atoms with E-state index in [1.807, 2.05) is 20.8 Å². The van der Waals surface area contributed by atoms with Crippen molar-refractivity contribution >= 4 is 17.9 Å². The van der Waals surface area contributed by atoms with Gasteiger partial charge in [0.15, 0.2) is 0 Å². The van der Waals surface area contributed by atoms with E-state index < -0.39 is 5.97 Å². The first-order chi connectivity index (χ1) is 12.4. The summed E-state index contributed by atoms with van der Waals surface area (Å²) in [6.07, 6.45) is 0.934. The molecule has 26 heavy (non-hydrogen) atoms. The zero-order valence-electron chi connectivity index (χ0n) is 15.7. The molecule has 2 aromatic rings. The molecule has 0 aliphatic heterocycles. The van der Waals surface area contributed by atoms with E-state index in [-0.39, 0.29) is 18.1 Å². The predicted molar refractivity (Wildman–Crippen MR) is 99.8 cm³/mol. The summed E-state index contributed by atoms with van der Waals surface area (Å²) >= 11 is 0. The van der Waals surface area contributed by atoms with Gasteiger partial charge in [0, 0.05) is 12.1 Å². The Morgan fingerprint density at radius 2 is 1.65 bits per heavy atom. The molecular weight excluding hydrogens is 334 g/mol. The Hall–Kier alpha value is -2.90. The minimum atomic E-state index is -0.403. The second-order valence-corrected chi connectivity index (χ2v) is 6.14. The highest BCUT2D eigenvalue weighted by Crippen LogP contribution is 2.21. The van der Waals surface area contributed by atoms with Gasteiger partial charge in [-0.05, 0) is 51.5 Å². The van der Waals surface area contributed by atoms with E-state index in [0.29, 0.717) is 23.2 Å². The Kier molecular flexibility index (Phi) is 6.71. The van der Waals surface area contributed by atoms with Crippen LogP contribution in [-0.4, -0.2) is 40.1 Å². The summed E-state index contributed by atoms with van der Waals surface area (Å²) in [5, 5.41) is 6.37. The Labute approximate surface area is 153 Å². The number of hydrogen-bond donors (Lipinski definition) is 2. The molecule has 0 radical (unpaired) electrons. The lowest BCUT2D eigenvalue weighted by Crippen LogP contribution is -2.19. The summed E-state index contributed by atoms with van der Waals surface area (Å²) in [5.41, 5.74) is 0.441. The number of anilines is 2. The average molecular weight is 359 g/mol. The highest BCUT2D eigenvalue weighted by molar-refractivity contribution is 5.89. The van der Waals surface area contributed by atoms with Gasteiger partial charge in [0.2, 0.25) is 11.9 Å². The van der Waals surface area contributed by atoms with E-state index in [1.165, 1.54) is 7.11 Å². The molecule has 140 valence electrons. The van der Waals surface area contributed by atoms with Crippen LogP contribution < -0.4 is 15.4 Å². The Bertz CT molecular complexity index is 734. The maximum atomic E-state index is 11.5. The molecule has 1 heterocycles. The number of benzene rings is 1. The first-order valence-corrected chi connectivity index (χ1v) is 8.56. The number of carbonyl (C=O) groups excluding carboxylic acids is 1. The minimum absolute atomic E-state index is 0.166. The van der Waals surface area contributed by atoms with Crippen LogP contribution in [0.4, 0.5) is 11.9 Å². The summed E-state index contributed by atoms with van der Waals surface area (Å²) in [6, 6.07) is 7.11. The number of methoxy groups -OCH3 is 1. The molecular formula is C18H25N5O3. The molecule has 1 unspecified atom stereocenters. The van der Waals surface area contributed by atoms with Crippen molar-refractivity contribution in [3.8, 4) is 11.8 Å². The molecule has 8 nitrogen and oxygen atoms in total. The SMILES string of the molecule is CCC(C)Nc1nc(NC(C)C)nc(Oc2ccc(C(=O)OC)cc2)n1. The van der Waals surface area contributed by atoms with Gasteiger partial charge in [-0.3, -0.25) is 0 Å². The van der Waals surface area contributed by atoms with Crippen molar-refractivity contribution in [2.24, 2.45) is 0 Å². The number of aromatic nitrogens is 3. The van der Waals surface area contributed by atoms with Crippen molar-refractivity contribution in [3.05, 3.63) is 29.8 Å². The monoisotopic (exact) mass is 359 g/mol. The van der Waals surface area contributed by atoms with Crippen LogP contribution in [0.15, 0.2) is 24.3 Å². The van der Waals surface area contributed by atoms with Crippen LogP contribution in [0.2, 0.25) is 0 Å². The standard InChI is InChI=1S/C18H25N5O3/c1-6-12(4)20-17-21-16(19-11(2)3)22-18(23-17)26-14-9-7-13(8-10-14)15(24)25-5/h7-12H,6H2,1-5H3,(H2,19,20,21,22,23). The van der Waals surface area contributed by atoms with E-state index in [0.717, 1.165) is 6.42 Å². The van der Waals surface area contributed by atoms with Crippen LogP contribution in [-0.2, 0) is 4.74 Å². The topological polar surface area (TPSA) is 98.3 Å². The van der Waals surface area contributed by atoms with Crippen LogP contribution in [0.1, 0.15) is 44.5 Å². The molecule has 8 heteroatoms. The van der Waals surface area contributed by atoms with Gasteiger partial charge in [-0.2, -0.15) is 15.0 Å². The molecule has 1 aromatic heterocycles. The van der Waals surface area contributed by atoms with Gasteiger partial charge in [-0.25, -0.2) is 4.79 Å². The molecule has 2 N–H and O–H groups in total. The normalized spacial score (nSPS) is 11.8. The zero-order valence-corrected chi connectivity index (χ0v) is 15.7. The maximum absolute atomic E-state index is 11.5. The quantitative estimate of drug-likeness (QED) is 0.691. The molecule has 0 spiro atoms. The van der Waals surface area contributed by atoms with E-state index in [9.17, 15) is 4.79 Å². The average Bonchev–Trinajstić information content (AvgIpc) is 2.60. The molecule has 1 atom stereocenters. The maximum Gasteiger partial charge on any atom is 0.337 e. The fourth-order valence-electron chi connectivity index (χ4n) is 1.99. The van der Waals surface area contributed by atoms with Crippen LogP contribution in [0.3, 0.4) is 0 Å². The Morgan fingerprint density at radius 1 is 1.04 bits per heavy atom. The number of nitrogens with zero attached hydrogens (tertiary/aromatic N) is 3. The third-order valence-corrected chi connectivity index (χ3v) is 3.51. The highest BCUT2D eigenvalue weighted by atomic mass is 16.5. The van der Waals surface area contributed by atoms with Gasteiger partial charge in [0.1, 0.15) is 5.75 Å². The molecule has 1 aromatic carbocycles. The van der Waals surface area contributed by atoms with E-state index in [4.69, 9.17) is 4.74 Å². The molecule has 0 fully saturated rings. The molecule has 0 aliphatic rings. The molecule has 0 aliphatic carbocycles. The van der Waals surface area contributed by atoms with Crippen molar-refractivity contribution in [3.63, 3.8) is 0 Å². The zero-order chi connectivity index (χ0) is 19.1. The van der Waals surface area contributed by atoms with Crippen LogP contribution in [0, 0.1) is 0 Å². The van der Waals surface area contributed by atoms with Crippen molar-refractivity contribution in [1.29, 1.82) is 0 Å². The molecule has 2 rings (SSSR count). The number of hydrogen-bond acceptors (Lipinski definition) is 8. The lowest BCUT2D eigenvalue weighted by Gasteiger charge is -2.14. The summed E-state index contributed by atoms with van der Waals surface area (Å²) in [5.74, 6) is 0.981. The van der Waals surface area contributed by atoms with E-state index in [1.54, 1.807) is 24.3 Å². The summed E-state index contributed by atoms with van der Waals surface area (Å²) in [7, 11) is 1.34. The number of ether oxygens (including phenoxy) is 2. The van der Waals surface area contributed by atoms with Gasteiger partial charge >= 0.3 is 12.0 Å². The van der Waals surface area contributed by atoms with Gasteiger partial charge in [0.05, 0.1) is 12.7 Å². The minimum Gasteiger partial charge on any atom is -0.465 e. The van der Waals surface area contributed by atoms with E-state index in [2.05, 4.69) is 37.2 Å². The summed E-state index contributed by atoms with van der Waals surface area (Å²) < 4.78 is 10.4. The van der Waals surface area contributed by atoms with Crippen molar-refractivity contribution < 1.29 is 14.3 Å². The van der Waals surface area contributed by atoms with Crippen molar-refractivity contribution in [1.82, 2.24) is 15.0 Å². The van der Waals surface area contributed by atoms with Crippen molar-refractivity contribution in [2.45, 2.75) is 46.2 Å². The van der Waals surface area contributed by atoms with E-state index >= 15 is 0 Å². The molecule has 0 saturated carbocycles. The largest absolute Gasteiger partial charge is 0.465 e. The second kappa shape index (κ2) is 8.98. The first-order valence-electron chi connectivity index (χ1n) is 8.56. The predicted octanol–water partition coefficient (Wildman–Crippen LogP) is 3.48. The van der Waals surface area contributed by atoms with Gasteiger partial charge in [0.25, 0.3) is 0 Å². The third-order valence-electron chi connectivity index (χ3n) is 3.51. The second-order valence-electron chi connectivity index (χ2n) is 6.14. The number of rotatable bonds is 8. The number of carbonyl (C=O) groups is 1. The van der Waals surface area contributed by atoms with Crippen LogP contribution >= 0.6 is 0 Å². The van der Waals surface area contributed by atoms with Crippen LogP contribution in [0.25, 0.3) is 0 Å². The lowest BCUT2D eigenvalue weighted by atomic mass is 10.2. The van der Waals surface area contributed by atoms with Crippen molar-refractivity contribution in [2.75, 3.05) is 17.7 Å². The molecule has 0 bridgehead atoms. The fourth-order valence-corrected chi connectivity index (χ4v) is 1.99. The summed E-state index contributed by atoms with van der Waals surface area (Å²) in [4.78, 5) is 24.5. The molecule has 0 amide bonds. The van der Waals surface area contributed by atoms with Gasteiger partial charge < -0.3 is 20.1 Å². The first kappa shape index (κ1) is 19.4. The smallest absolute Gasteiger partial charge is 0.337 e. The summed E-state index contributed by atoms with van der Waals surface area (Å²) in [6.45, 7) is 8.12. The number of esters is 1. The van der Waals surface area contributed by atoms with Gasteiger partial charge in [-0.15, -0.1) is 0 Å². The lowest BCUT2D eigenvalue weighted by molar-refractivity contribution is 0.0600. The fraction of sp³-hybridized carbons (Fsp3) is 0.444. The van der Waals surface area contributed by atoms with Crippen LogP contribution in [0.5, 0.6) is 11.8 Å². The third kappa shape index (κ3) is 5.58. The van der Waals surface area contributed by atoms with Gasteiger partial charge in [-0.1, -0.05) is 6.92 Å². The molecule has 0 saturated heterocycles. The highest BCUT2D eigenvalue weighted by Gasteiger charge is 2.12.